The Balaban J connectivity index is 1.54. The number of hydrogen-bond acceptors (Lipinski definition) is 4. The van der Waals surface area contributed by atoms with Gasteiger partial charge in [-0.15, -0.1) is 0 Å². The fraction of sp³-hybridized carbons (Fsp3) is 0.167. The predicted octanol–water partition coefficient (Wildman–Crippen LogP) is 1.95. The second-order valence-electron chi connectivity index (χ2n) is 5.27. The number of rotatable bonds is 6. The third-order valence-electron chi connectivity index (χ3n) is 3.62. The molecule has 0 saturated carbocycles. The van der Waals surface area contributed by atoms with E-state index >= 15 is 0 Å². The van der Waals surface area contributed by atoms with Gasteiger partial charge in [-0.05, 0) is 24.3 Å². The third-order valence-corrected chi connectivity index (χ3v) is 3.62. The number of carbonyl (C=O) groups is 2. The van der Waals surface area contributed by atoms with Crippen LogP contribution in [0.3, 0.4) is 0 Å². The molecule has 6 heteroatoms. The van der Waals surface area contributed by atoms with Crippen molar-refractivity contribution in [2.24, 2.45) is 7.05 Å². The van der Waals surface area contributed by atoms with Crippen LogP contribution in [0.2, 0.25) is 0 Å². The number of ketones is 1. The van der Waals surface area contributed by atoms with Crippen LogP contribution < -0.4 is 10.1 Å². The molecule has 0 aliphatic heterocycles. The van der Waals surface area contributed by atoms with Crippen LogP contribution in [0.4, 0.5) is 0 Å². The summed E-state index contributed by atoms with van der Waals surface area (Å²) in [7, 11) is 1.72. The van der Waals surface area contributed by atoms with Gasteiger partial charge in [0.25, 0.3) is 11.7 Å². The molecule has 6 nitrogen and oxygen atoms in total. The van der Waals surface area contributed by atoms with Crippen LogP contribution in [0.5, 0.6) is 5.75 Å². The molecule has 0 unspecified atom stereocenters. The smallest absolute Gasteiger partial charge is 0.294 e. The molecule has 0 atom stereocenters. The van der Waals surface area contributed by atoms with Crippen molar-refractivity contribution in [3.05, 3.63) is 60.6 Å². The highest BCUT2D eigenvalue weighted by atomic mass is 16.5. The lowest BCUT2D eigenvalue weighted by molar-refractivity contribution is -0.117. The number of ether oxygens (including phenoxy) is 1. The van der Waals surface area contributed by atoms with Crippen molar-refractivity contribution in [3.63, 3.8) is 0 Å². The standard InChI is InChI=1S/C18H17N3O3/c1-21-11-4-7-14(21)17(22)18(23)20-10-12-24-15-8-2-5-13-6-3-9-19-16(13)15/h2-9,11H,10,12H2,1H3,(H,20,23). The van der Waals surface area contributed by atoms with E-state index in [1.54, 1.807) is 36.1 Å². The highest BCUT2D eigenvalue weighted by molar-refractivity contribution is 6.42. The first kappa shape index (κ1) is 15.7. The maximum absolute atomic E-state index is 12.0. The van der Waals surface area contributed by atoms with Crippen LogP contribution in [0.25, 0.3) is 10.9 Å². The van der Waals surface area contributed by atoms with Crippen molar-refractivity contribution in [3.8, 4) is 5.75 Å². The molecule has 0 saturated heterocycles. The number of fused-ring (bicyclic) bond motifs is 1. The van der Waals surface area contributed by atoms with Crippen LogP contribution in [0.15, 0.2) is 54.9 Å². The van der Waals surface area contributed by atoms with Gasteiger partial charge in [0.1, 0.15) is 17.9 Å². The molecule has 2 heterocycles. The zero-order valence-corrected chi connectivity index (χ0v) is 13.2. The number of Topliss-reactive ketones (excluding diaryl/α,β-unsaturated/α-hetero) is 1. The van der Waals surface area contributed by atoms with Crippen LogP contribution in [0.1, 0.15) is 10.5 Å². The molecular weight excluding hydrogens is 306 g/mol. The summed E-state index contributed by atoms with van der Waals surface area (Å²) in [5.41, 5.74) is 1.12. The average molecular weight is 323 g/mol. The second kappa shape index (κ2) is 6.95. The molecule has 0 spiro atoms. The van der Waals surface area contributed by atoms with Gasteiger partial charge in [0.05, 0.1) is 12.2 Å². The normalized spacial score (nSPS) is 10.5. The molecular formula is C18H17N3O3. The van der Waals surface area contributed by atoms with Gasteiger partial charge >= 0.3 is 0 Å². The van der Waals surface area contributed by atoms with E-state index in [0.29, 0.717) is 11.4 Å². The Hall–Kier alpha value is -3.15. The van der Waals surface area contributed by atoms with E-state index in [4.69, 9.17) is 4.74 Å². The summed E-state index contributed by atoms with van der Waals surface area (Å²) in [6.07, 6.45) is 3.42. The van der Waals surface area contributed by atoms with E-state index in [1.807, 2.05) is 30.3 Å². The number of pyridine rings is 1. The van der Waals surface area contributed by atoms with Crippen LogP contribution in [-0.2, 0) is 11.8 Å². The molecule has 0 fully saturated rings. The Morgan fingerprint density at radius 3 is 2.79 bits per heavy atom. The van der Waals surface area contributed by atoms with Crippen molar-refractivity contribution >= 4 is 22.6 Å². The molecule has 1 aromatic carbocycles. The molecule has 2 aromatic heterocycles. The van der Waals surface area contributed by atoms with Crippen LogP contribution >= 0.6 is 0 Å². The highest BCUT2D eigenvalue weighted by Crippen LogP contribution is 2.22. The van der Waals surface area contributed by atoms with Gasteiger partial charge in [-0.25, -0.2) is 0 Å². The van der Waals surface area contributed by atoms with Gasteiger partial charge in [-0.3, -0.25) is 14.6 Å². The summed E-state index contributed by atoms with van der Waals surface area (Å²) < 4.78 is 7.28. The minimum Gasteiger partial charge on any atom is -0.489 e. The lowest BCUT2D eigenvalue weighted by Crippen LogP contribution is -2.34. The summed E-state index contributed by atoms with van der Waals surface area (Å²) in [4.78, 5) is 28.2. The van der Waals surface area contributed by atoms with Gasteiger partial charge in [0.15, 0.2) is 0 Å². The zero-order chi connectivity index (χ0) is 16.9. The maximum atomic E-state index is 12.0. The summed E-state index contributed by atoms with van der Waals surface area (Å²) in [6, 6.07) is 12.8. The number of aromatic nitrogens is 2. The number of hydrogen-bond donors (Lipinski definition) is 1. The van der Waals surface area contributed by atoms with Crippen LogP contribution in [0, 0.1) is 0 Å². The molecule has 1 N–H and O–H groups in total. The third kappa shape index (κ3) is 3.27. The lowest BCUT2D eigenvalue weighted by Gasteiger charge is -2.09. The maximum Gasteiger partial charge on any atom is 0.294 e. The monoisotopic (exact) mass is 323 g/mol. The molecule has 3 rings (SSSR count). The Morgan fingerprint density at radius 1 is 1.17 bits per heavy atom. The first-order valence-corrected chi connectivity index (χ1v) is 7.57. The molecule has 0 aliphatic rings. The summed E-state index contributed by atoms with van der Waals surface area (Å²) in [5, 5.41) is 3.55. The topological polar surface area (TPSA) is 73.2 Å². The number of para-hydroxylation sites is 1. The Morgan fingerprint density at radius 2 is 2.00 bits per heavy atom. The number of aryl methyl sites for hydroxylation is 1. The molecule has 0 radical (unpaired) electrons. The zero-order valence-electron chi connectivity index (χ0n) is 13.2. The summed E-state index contributed by atoms with van der Waals surface area (Å²) in [5.74, 6) is -0.554. The van der Waals surface area contributed by atoms with Gasteiger partial charge < -0.3 is 14.6 Å². The van der Waals surface area contributed by atoms with Crippen molar-refractivity contribution < 1.29 is 14.3 Å². The van der Waals surface area contributed by atoms with E-state index in [0.717, 1.165) is 10.9 Å². The first-order chi connectivity index (χ1) is 11.7. The fourth-order valence-corrected chi connectivity index (χ4v) is 2.41. The van der Waals surface area contributed by atoms with E-state index in [-0.39, 0.29) is 13.2 Å². The first-order valence-electron chi connectivity index (χ1n) is 7.57. The molecule has 0 bridgehead atoms. The predicted molar refractivity (Wildman–Crippen MR) is 90.0 cm³/mol. The van der Waals surface area contributed by atoms with E-state index in [9.17, 15) is 9.59 Å². The Labute approximate surface area is 139 Å². The quantitative estimate of drug-likeness (QED) is 0.427. The number of benzene rings is 1. The number of nitrogens with zero attached hydrogens (tertiary/aromatic N) is 2. The van der Waals surface area contributed by atoms with Crippen molar-refractivity contribution in [2.45, 2.75) is 0 Å². The van der Waals surface area contributed by atoms with Gasteiger partial charge in [-0.2, -0.15) is 0 Å². The minimum atomic E-state index is -0.642. The SMILES string of the molecule is Cn1cccc1C(=O)C(=O)NCCOc1cccc2cccnc12. The lowest BCUT2D eigenvalue weighted by atomic mass is 10.2. The number of amides is 1. The van der Waals surface area contributed by atoms with Crippen molar-refractivity contribution in [1.29, 1.82) is 0 Å². The Bertz CT molecular complexity index is 881. The van der Waals surface area contributed by atoms with E-state index in [1.165, 1.54) is 0 Å². The average Bonchev–Trinajstić information content (AvgIpc) is 3.04. The van der Waals surface area contributed by atoms with Crippen LogP contribution in [-0.4, -0.2) is 34.4 Å². The van der Waals surface area contributed by atoms with Gasteiger partial charge in [0.2, 0.25) is 0 Å². The summed E-state index contributed by atoms with van der Waals surface area (Å²) >= 11 is 0. The van der Waals surface area contributed by atoms with Gasteiger partial charge in [-0.1, -0.05) is 18.2 Å². The molecule has 122 valence electrons. The fourth-order valence-electron chi connectivity index (χ4n) is 2.41. The number of nitrogens with one attached hydrogen (secondary N) is 1. The number of carbonyl (C=O) groups excluding carboxylic acids is 2. The van der Waals surface area contributed by atoms with Crippen molar-refractivity contribution in [2.75, 3.05) is 13.2 Å². The minimum absolute atomic E-state index is 0.234. The second-order valence-corrected chi connectivity index (χ2v) is 5.27. The molecule has 24 heavy (non-hydrogen) atoms. The highest BCUT2D eigenvalue weighted by Gasteiger charge is 2.17. The van der Waals surface area contributed by atoms with Gasteiger partial charge in [0, 0.05) is 24.8 Å². The largest absolute Gasteiger partial charge is 0.489 e. The Kier molecular flexibility index (Phi) is 4.56. The molecule has 3 aromatic rings. The summed E-state index contributed by atoms with van der Waals surface area (Å²) in [6.45, 7) is 0.486. The molecule has 1 amide bonds. The molecule has 0 aliphatic carbocycles. The van der Waals surface area contributed by atoms with E-state index in [2.05, 4.69) is 10.3 Å². The van der Waals surface area contributed by atoms with E-state index < -0.39 is 11.7 Å². The van der Waals surface area contributed by atoms with Crippen molar-refractivity contribution in [1.82, 2.24) is 14.9 Å².